The Kier molecular flexibility index (Phi) is 6.33. The lowest BCUT2D eigenvalue weighted by atomic mass is 10.1. The number of phenolic OH excluding ortho intramolecular Hbond substituents is 1. The third-order valence-corrected chi connectivity index (χ3v) is 5.66. The van der Waals surface area contributed by atoms with Gasteiger partial charge in [0, 0.05) is 0 Å². The van der Waals surface area contributed by atoms with Gasteiger partial charge < -0.3 is 9.67 Å². The number of aromatic nitrogens is 2. The summed E-state index contributed by atoms with van der Waals surface area (Å²) in [6, 6.07) is 23.0. The molecule has 0 aliphatic heterocycles. The zero-order valence-corrected chi connectivity index (χ0v) is 17.8. The number of carbonyl (C=O) groups is 1. The Morgan fingerprint density at radius 1 is 1.13 bits per heavy atom. The Labute approximate surface area is 184 Å². The van der Waals surface area contributed by atoms with Gasteiger partial charge in [-0.25, -0.2) is 10.4 Å². The number of amides is 1. The topological polar surface area (TPSA) is 79.5 Å². The first-order chi connectivity index (χ1) is 15.1. The quantitative estimate of drug-likeness (QED) is 0.260. The van der Waals surface area contributed by atoms with Crippen LogP contribution in [0.5, 0.6) is 5.75 Å². The van der Waals surface area contributed by atoms with Crippen molar-refractivity contribution in [1.29, 1.82) is 0 Å². The van der Waals surface area contributed by atoms with Crippen molar-refractivity contribution in [2.24, 2.45) is 5.10 Å². The summed E-state index contributed by atoms with van der Waals surface area (Å²) < 4.78 is 2.13. The SMILES string of the molecule is Cc1ccc(Cn2c(SCC(=O)N/N=C\c3cccc(O)c3)nc3ccccc32)cc1. The van der Waals surface area contributed by atoms with Crippen molar-refractivity contribution in [3.8, 4) is 5.75 Å². The van der Waals surface area contributed by atoms with E-state index in [0.717, 1.165) is 16.2 Å². The summed E-state index contributed by atoms with van der Waals surface area (Å²) in [4.78, 5) is 17.0. The molecule has 7 heteroatoms. The predicted octanol–water partition coefficient (Wildman–Crippen LogP) is 4.34. The van der Waals surface area contributed by atoms with Crippen molar-refractivity contribution in [3.63, 3.8) is 0 Å². The molecule has 4 aromatic rings. The number of phenols is 1. The minimum absolute atomic E-state index is 0.151. The number of fused-ring (bicyclic) bond motifs is 1. The lowest BCUT2D eigenvalue weighted by molar-refractivity contribution is -0.118. The molecule has 1 amide bonds. The van der Waals surface area contributed by atoms with Gasteiger partial charge in [0.15, 0.2) is 5.16 Å². The Balaban J connectivity index is 1.45. The molecule has 0 unspecified atom stereocenters. The number of hydrogen-bond acceptors (Lipinski definition) is 5. The normalized spacial score (nSPS) is 11.3. The van der Waals surface area contributed by atoms with Gasteiger partial charge in [0.05, 0.1) is 29.5 Å². The molecule has 0 aliphatic rings. The molecule has 0 aliphatic carbocycles. The van der Waals surface area contributed by atoms with E-state index in [2.05, 4.69) is 46.3 Å². The molecule has 6 nitrogen and oxygen atoms in total. The monoisotopic (exact) mass is 430 g/mol. The number of rotatable bonds is 7. The smallest absolute Gasteiger partial charge is 0.250 e. The first-order valence-corrected chi connectivity index (χ1v) is 10.8. The molecule has 0 saturated heterocycles. The third kappa shape index (κ3) is 5.32. The first-order valence-electron chi connectivity index (χ1n) is 9.83. The summed E-state index contributed by atoms with van der Waals surface area (Å²) in [7, 11) is 0. The number of hydrogen-bond donors (Lipinski definition) is 2. The number of imidazole rings is 1. The van der Waals surface area contributed by atoms with E-state index in [4.69, 9.17) is 4.98 Å². The van der Waals surface area contributed by atoms with Crippen LogP contribution in [0.25, 0.3) is 11.0 Å². The fourth-order valence-corrected chi connectivity index (χ4v) is 3.95. The Morgan fingerprint density at radius 2 is 1.94 bits per heavy atom. The van der Waals surface area contributed by atoms with Crippen LogP contribution in [0.3, 0.4) is 0 Å². The van der Waals surface area contributed by atoms with Gasteiger partial charge in [-0.05, 0) is 42.3 Å². The molecule has 0 spiro atoms. The molecule has 2 N–H and O–H groups in total. The average molecular weight is 431 g/mol. The second kappa shape index (κ2) is 9.49. The van der Waals surface area contributed by atoms with Gasteiger partial charge >= 0.3 is 0 Å². The Morgan fingerprint density at radius 3 is 2.74 bits per heavy atom. The summed E-state index contributed by atoms with van der Waals surface area (Å²) in [6.45, 7) is 2.75. The van der Waals surface area contributed by atoms with Crippen LogP contribution in [0.15, 0.2) is 83.1 Å². The largest absolute Gasteiger partial charge is 0.508 e. The van der Waals surface area contributed by atoms with Gasteiger partial charge in [0.2, 0.25) is 0 Å². The molecule has 156 valence electrons. The number of nitrogens with one attached hydrogen (secondary N) is 1. The maximum atomic E-state index is 12.3. The second-order valence-corrected chi connectivity index (χ2v) is 8.07. The van der Waals surface area contributed by atoms with Gasteiger partial charge in [-0.1, -0.05) is 65.9 Å². The van der Waals surface area contributed by atoms with Gasteiger partial charge in [0.1, 0.15) is 5.75 Å². The van der Waals surface area contributed by atoms with E-state index in [1.807, 2.05) is 24.3 Å². The number of hydrazone groups is 1. The van der Waals surface area contributed by atoms with Crippen LogP contribution in [0, 0.1) is 6.92 Å². The van der Waals surface area contributed by atoms with Crippen molar-refractivity contribution in [1.82, 2.24) is 15.0 Å². The number of carbonyl (C=O) groups excluding carboxylic acids is 1. The van der Waals surface area contributed by atoms with Crippen LogP contribution >= 0.6 is 11.8 Å². The molecule has 0 atom stereocenters. The predicted molar refractivity (Wildman–Crippen MR) is 125 cm³/mol. The zero-order chi connectivity index (χ0) is 21.6. The van der Waals surface area contributed by atoms with Crippen molar-refractivity contribution in [2.45, 2.75) is 18.6 Å². The lowest BCUT2D eigenvalue weighted by Crippen LogP contribution is -2.20. The summed E-state index contributed by atoms with van der Waals surface area (Å²) >= 11 is 1.38. The summed E-state index contributed by atoms with van der Waals surface area (Å²) in [5.41, 5.74) is 7.56. The highest BCUT2D eigenvalue weighted by molar-refractivity contribution is 7.99. The highest BCUT2D eigenvalue weighted by Crippen LogP contribution is 2.25. The Bertz CT molecular complexity index is 1230. The minimum atomic E-state index is -0.227. The third-order valence-electron chi connectivity index (χ3n) is 4.69. The summed E-state index contributed by atoms with van der Waals surface area (Å²) in [5, 5.41) is 14.2. The molecular formula is C24H22N4O2S. The van der Waals surface area contributed by atoms with Gasteiger partial charge in [-0.15, -0.1) is 0 Å². The molecule has 1 heterocycles. The van der Waals surface area contributed by atoms with Crippen LogP contribution in [0.1, 0.15) is 16.7 Å². The van der Waals surface area contributed by atoms with Gasteiger partial charge in [0.25, 0.3) is 5.91 Å². The van der Waals surface area contributed by atoms with E-state index in [9.17, 15) is 9.90 Å². The zero-order valence-electron chi connectivity index (χ0n) is 17.0. The van der Waals surface area contributed by atoms with Crippen LogP contribution in [0.2, 0.25) is 0 Å². The second-order valence-electron chi connectivity index (χ2n) is 7.13. The highest BCUT2D eigenvalue weighted by Gasteiger charge is 2.13. The number of aryl methyl sites for hydroxylation is 1. The van der Waals surface area contributed by atoms with Crippen LogP contribution in [0.4, 0.5) is 0 Å². The van der Waals surface area contributed by atoms with E-state index in [1.165, 1.54) is 29.1 Å². The van der Waals surface area contributed by atoms with Crippen LogP contribution < -0.4 is 5.43 Å². The van der Waals surface area contributed by atoms with Crippen molar-refractivity contribution >= 4 is 34.9 Å². The number of aromatic hydroxyl groups is 1. The molecule has 0 saturated carbocycles. The number of nitrogens with zero attached hydrogens (tertiary/aromatic N) is 3. The summed E-state index contributed by atoms with van der Waals surface area (Å²) in [6.07, 6.45) is 1.49. The Hall–Kier alpha value is -3.58. The maximum absolute atomic E-state index is 12.3. The summed E-state index contributed by atoms with van der Waals surface area (Å²) in [5.74, 6) is 0.114. The molecule has 4 rings (SSSR count). The molecule has 31 heavy (non-hydrogen) atoms. The number of para-hydroxylation sites is 2. The minimum Gasteiger partial charge on any atom is -0.508 e. The molecule has 0 bridgehead atoms. The fourth-order valence-electron chi connectivity index (χ4n) is 3.14. The molecular weight excluding hydrogens is 408 g/mol. The molecule has 0 radical (unpaired) electrons. The van der Waals surface area contributed by atoms with Gasteiger partial charge in [-0.2, -0.15) is 5.10 Å². The van der Waals surface area contributed by atoms with Crippen molar-refractivity contribution in [3.05, 3.63) is 89.5 Å². The van der Waals surface area contributed by atoms with E-state index in [1.54, 1.807) is 24.3 Å². The highest BCUT2D eigenvalue weighted by atomic mass is 32.2. The van der Waals surface area contributed by atoms with E-state index in [0.29, 0.717) is 12.1 Å². The van der Waals surface area contributed by atoms with Crippen LogP contribution in [-0.4, -0.2) is 32.5 Å². The van der Waals surface area contributed by atoms with Crippen LogP contribution in [-0.2, 0) is 11.3 Å². The molecule has 3 aromatic carbocycles. The molecule has 1 aromatic heterocycles. The van der Waals surface area contributed by atoms with Crippen molar-refractivity contribution < 1.29 is 9.90 Å². The average Bonchev–Trinajstić information content (AvgIpc) is 3.11. The molecule has 0 fully saturated rings. The van der Waals surface area contributed by atoms with Crippen molar-refractivity contribution in [2.75, 3.05) is 5.75 Å². The lowest BCUT2D eigenvalue weighted by Gasteiger charge is -2.09. The number of thioether (sulfide) groups is 1. The fraction of sp³-hybridized carbons (Fsp3) is 0.125. The van der Waals surface area contributed by atoms with Gasteiger partial charge in [-0.3, -0.25) is 4.79 Å². The first kappa shape index (κ1) is 20.7. The standard InChI is InChI=1S/C24H22N4O2S/c1-17-9-11-18(12-10-17)15-28-22-8-3-2-7-21(22)26-24(28)31-16-23(30)27-25-14-19-5-4-6-20(29)13-19/h2-14,29H,15-16H2,1H3,(H,27,30)/b25-14-. The number of benzene rings is 3. The maximum Gasteiger partial charge on any atom is 0.250 e. The van der Waals surface area contributed by atoms with E-state index >= 15 is 0 Å². The van der Waals surface area contributed by atoms with E-state index in [-0.39, 0.29) is 17.4 Å². The van der Waals surface area contributed by atoms with E-state index < -0.39 is 0 Å².